The largest absolute Gasteiger partial charge is 0.370 e. The highest BCUT2D eigenvalue weighted by Crippen LogP contribution is 2.30. The predicted molar refractivity (Wildman–Crippen MR) is 98.1 cm³/mol. The van der Waals surface area contributed by atoms with Gasteiger partial charge < -0.3 is 10.2 Å². The van der Waals surface area contributed by atoms with E-state index >= 15 is 0 Å². The van der Waals surface area contributed by atoms with Crippen LogP contribution in [0.3, 0.4) is 0 Å². The van der Waals surface area contributed by atoms with E-state index in [1.54, 1.807) is 36.4 Å². The Morgan fingerprint density at radius 1 is 1.27 bits per heavy atom. The van der Waals surface area contributed by atoms with Crippen molar-refractivity contribution in [2.45, 2.75) is 17.7 Å². The Morgan fingerprint density at radius 2 is 2.04 bits per heavy atom. The van der Waals surface area contributed by atoms with Crippen molar-refractivity contribution in [2.24, 2.45) is 5.14 Å². The zero-order chi connectivity index (χ0) is 18.7. The third-order valence-electron chi connectivity index (χ3n) is 4.30. The van der Waals surface area contributed by atoms with E-state index in [-0.39, 0.29) is 17.2 Å². The van der Waals surface area contributed by atoms with Gasteiger partial charge in [-0.25, -0.2) is 13.6 Å². The molecule has 0 radical (unpaired) electrons. The lowest BCUT2D eigenvalue weighted by Crippen LogP contribution is -2.26. The number of sulfonamides is 1. The average molecular weight is 370 g/mol. The van der Waals surface area contributed by atoms with Crippen molar-refractivity contribution in [3.8, 4) is 6.07 Å². The Morgan fingerprint density at radius 3 is 2.77 bits per heavy atom. The first-order chi connectivity index (χ1) is 12.4. The van der Waals surface area contributed by atoms with Crippen molar-refractivity contribution < 1.29 is 13.2 Å². The molecule has 0 bridgehead atoms. The number of carbonyl (C=O) groups excluding carboxylic acids is 1. The van der Waals surface area contributed by atoms with Crippen LogP contribution in [0.15, 0.2) is 47.4 Å². The van der Waals surface area contributed by atoms with Gasteiger partial charge in [-0.2, -0.15) is 5.26 Å². The number of carbonyl (C=O) groups is 1. The monoisotopic (exact) mass is 370 g/mol. The molecule has 2 aromatic rings. The van der Waals surface area contributed by atoms with Crippen molar-refractivity contribution in [1.82, 2.24) is 0 Å². The second-order valence-corrected chi connectivity index (χ2v) is 7.59. The third kappa shape index (κ3) is 3.85. The molecular formula is C18H18N4O3S. The first-order valence-corrected chi connectivity index (χ1v) is 9.63. The molecule has 3 N–H and O–H groups in total. The molecule has 1 aliphatic heterocycles. The van der Waals surface area contributed by atoms with Gasteiger partial charge in [0.1, 0.15) is 6.07 Å². The number of nitriles is 1. The van der Waals surface area contributed by atoms with Crippen molar-refractivity contribution in [2.75, 3.05) is 23.3 Å². The lowest BCUT2D eigenvalue weighted by Gasteiger charge is -2.19. The molecule has 134 valence electrons. The van der Waals surface area contributed by atoms with Gasteiger partial charge in [-0.05, 0) is 42.3 Å². The third-order valence-corrected chi connectivity index (χ3v) is 5.21. The predicted octanol–water partition coefficient (Wildman–Crippen LogP) is 1.60. The molecule has 0 spiro atoms. The maximum atomic E-state index is 12.2. The standard InChI is InChI=1S/C18H18N4O3S/c19-12-14-3-1-2-4-16(14)21-18(23)8-10-22-9-7-13-11-15(26(20,24)25)5-6-17(13)22/h1-6,11H,7-10H2,(H,21,23)(H2,20,24,25). The molecule has 0 saturated heterocycles. The van der Waals surface area contributed by atoms with Crippen LogP contribution >= 0.6 is 0 Å². The first kappa shape index (κ1) is 17.9. The van der Waals surface area contributed by atoms with Gasteiger partial charge in [0.05, 0.1) is 16.1 Å². The Labute approximate surface area is 152 Å². The molecule has 0 saturated carbocycles. The Bertz CT molecular complexity index is 996. The molecule has 1 amide bonds. The number of rotatable bonds is 5. The van der Waals surface area contributed by atoms with Crippen LogP contribution in [0.5, 0.6) is 0 Å². The number of nitrogens with two attached hydrogens (primary N) is 1. The molecule has 0 aromatic heterocycles. The van der Waals surface area contributed by atoms with E-state index in [0.717, 1.165) is 11.3 Å². The van der Waals surface area contributed by atoms with Crippen LogP contribution in [0.2, 0.25) is 0 Å². The number of para-hydroxylation sites is 1. The maximum Gasteiger partial charge on any atom is 0.238 e. The smallest absolute Gasteiger partial charge is 0.238 e. The summed E-state index contributed by atoms with van der Waals surface area (Å²) in [7, 11) is -3.72. The fourth-order valence-corrected chi connectivity index (χ4v) is 3.56. The molecule has 0 atom stereocenters. The quantitative estimate of drug-likeness (QED) is 0.829. The fourth-order valence-electron chi connectivity index (χ4n) is 2.99. The number of anilines is 2. The number of nitrogens with zero attached hydrogens (tertiary/aromatic N) is 2. The molecule has 3 rings (SSSR count). The minimum absolute atomic E-state index is 0.101. The average Bonchev–Trinajstić information content (AvgIpc) is 3.02. The van der Waals surface area contributed by atoms with Crippen molar-refractivity contribution >= 4 is 27.3 Å². The van der Waals surface area contributed by atoms with E-state index in [2.05, 4.69) is 5.32 Å². The molecule has 1 aliphatic rings. The lowest BCUT2D eigenvalue weighted by molar-refractivity contribution is -0.116. The summed E-state index contributed by atoms with van der Waals surface area (Å²) >= 11 is 0. The summed E-state index contributed by atoms with van der Waals surface area (Å²) in [5.41, 5.74) is 2.75. The number of hydrogen-bond acceptors (Lipinski definition) is 5. The minimum Gasteiger partial charge on any atom is -0.370 e. The Balaban J connectivity index is 1.64. The normalized spacial score (nSPS) is 13.2. The molecule has 0 aliphatic carbocycles. The molecular weight excluding hydrogens is 352 g/mol. The number of hydrogen-bond donors (Lipinski definition) is 2. The van der Waals surface area contributed by atoms with E-state index in [4.69, 9.17) is 10.4 Å². The Kier molecular flexibility index (Phi) is 4.93. The molecule has 7 nitrogen and oxygen atoms in total. The lowest BCUT2D eigenvalue weighted by atomic mass is 10.2. The summed E-state index contributed by atoms with van der Waals surface area (Å²) in [6.07, 6.45) is 0.966. The number of nitrogens with one attached hydrogen (secondary N) is 1. The molecule has 2 aromatic carbocycles. The summed E-state index contributed by atoms with van der Waals surface area (Å²) in [5.74, 6) is -0.178. The summed E-state index contributed by atoms with van der Waals surface area (Å²) in [4.78, 5) is 14.3. The highest BCUT2D eigenvalue weighted by atomic mass is 32.2. The van der Waals surface area contributed by atoms with Crippen LogP contribution < -0.4 is 15.4 Å². The molecule has 0 fully saturated rings. The zero-order valence-corrected chi connectivity index (χ0v) is 14.8. The SMILES string of the molecule is N#Cc1ccccc1NC(=O)CCN1CCc2cc(S(N)(=O)=O)ccc21. The Hall–Kier alpha value is -2.89. The van der Waals surface area contributed by atoms with Crippen LogP contribution in [0.4, 0.5) is 11.4 Å². The van der Waals surface area contributed by atoms with Gasteiger partial charge in [0.25, 0.3) is 0 Å². The number of fused-ring (bicyclic) bond motifs is 1. The van der Waals surface area contributed by atoms with E-state index in [9.17, 15) is 13.2 Å². The van der Waals surface area contributed by atoms with Gasteiger partial charge in [0.2, 0.25) is 15.9 Å². The first-order valence-electron chi connectivity index (χ1n) is 8.08. The van der Waals surface area contributed by atoms with Crippen LogP contribution in [0, 0.1) is 11.3 Å². The van der Waals surface area contributed by atoms with Crippen LogP contribution in [0.25, 0.3) is 0 Å². The summed E-state index contributed by atoms with van der Waals surface area (Å²) < 4.78 is 22.9. The number of primary sulfonamides is 1. The minimum atomic E-state index is -3.72. The highest BCUT2D eigenvalue weighted by Gasteiger charge is 2.22. The van der Waals surface area contributed by atoms with Gasteiger partial charge in [0.15, 0.2) is 0 Å². The van der Waals surface area contributed by atoms with E-state index < -0.39 is 10.0 Å². The van der Waals surface area contributed by atoms with Crippen LogP contribution in [0.1, 0.15) is 17.5 Å². The zero-order valence-electron chi connectivity index (χ0n) is 14.0. The topological polar surface area (TPSA) is 116 Å². The van der Waals surface area contributed by atoms with Crippen LogP contribution in [-0.4, -0.2) is 27.4 Å². The number of amides is 1. The highest BCUT2D eigenvalue weighted by molar-refractivity contribution is 7.89. The molecule has 26 heavy (non-hydrogen) atoms. The van der Waals surface area contributed by atoms with Crippen molar-refractivity contribution in [1.29, 1.82) is 5.26 Å². The van der Waals surface area contributed by atoms with Gasteiger partial charge in [-0.3, -0.25) is 4.79 Å². The van der Waals surface area contributed by atoms with Crippen molar-refractivity contribution in [3.63, 3.8) is 0 Å². The molecule has 8 heteroatoms. The van der Waals surface area contributed by atoms with Crippen LogP contribution in [-0.2, 0) is 21.2 Å². The van der Waals surface area contributed by atoms with Gasteiger partial charge in [-0.15, -0.1) is 0 Å². The summed E-state index contributed by atoms with van der Waals surface area (Å²) in [6.45, 7) is 1.22. The fraction of sp³-hybridized carbons (Fsp3) is 0.222. The second-order valence-electron chi connectivity index (χ2n) is 6.03. The van der Waals surface area contributed by atoms with E-state index in [1.807, 2.05) is 11.0 Å². The number of benzene rings is 2. The molecule has 0 unspecified atom stereocenters. The summed E-state index contributed by atoms with van der Waals surface area (Å²) in [5, 5.41) is 17.0. The van der Waals surface area contributed by atoms with Gasteiger partial charge in [0, 0.05) is 25.2 Å². The van der Waals surface area contributed by atoms with E-state index in [0.29, 0.717) is 30.8 Å². The summed E-state index contributed by atoms with van der Waals surface area (Å²) in [6, 6.07) is 13.7. The van der Waals surface area contributed by atoms with Gasteiger partial charge in [-0.1, -0.05) is 12.1 Å². The van der Waals surface area contributed by atoms with Crippen molar-refractivity contribution in [3.05, 3.63) is 53.6 Å². The second kappa shape index (κ2) is 7.15. The molecule has 1 heterocycles. The van der Waals surface area contributed by atoms with E-state index in [1.165, 1.54) is 6.07 Å². The van der Waals surface area contributed by atoms with Gasteiger partial charge >= 0.3 is 0 Å². The maximum absolute atomic E-state index is 12.2.